The quantitative estimate of drug-likeness (QED) is 0.380. The summed E-state index contributed by atoms with van der Waals surface area (Å²) in [6.45, 7) is 4.73. The number of carbonyl (C=O) groups is 2. The van der Waals surface area contributed by atoms with Crippen LogP contribution in [-0.4, -0.2) is 61.2 Å². The SMILES string of the molecule is CC(ON)N(C)C(=O)c1ccccc1C=O.CCN(C)[NH3+].CO. The Hall–Kier alpha value is -1.84. The highest BCUT2D eigenvalue weighted by atomic mass is 16.6. The molecule has 1 aromatic carbocycles. The number of carbonyl (C=O) groups excluding carboxylic acids is 2. The maximum absolute atomic E-state index is 12.0. The van der Waals surface area contributed by atoms with Crippen LogP contribution in [0.15, 0.2) is 24.3 Å². The first-order valence-corrected chi connectivity index (χ1v) is 7.02. The maximum atomic E-state index is 12.0. The Morgan fingerprint density at radius 3 is 2.26 bits per heavy atom. The highest BCUT2D eigenvalue weighted by Gasteiger charge is 2.19. The number of aliphatic hydroxyl groups excluding tert-OH is 1. The van der Waals surface area contributed by atoms with Gasteiger partial charge in [-0.05, 0) is 19.9 Å². The van der Waals surface area contributed by atoms with Crippen LogP contribution in [0.2, 0.25) is 0 Å². The highest BCUT2D eigenvalue weighted by molar-refractivity contribution is 6.01. The molecule has 1 atom stereocenters. The van der Waals surface area contributed by atoms with Crippen LogP contribution < -0.4 is 11.7 Å². The van der Waals surface area contributed by atoms with Crippen molar-refractivity contribution in [1.29, 1.82) is 0 Å². The smallest absolute Gasteiger partial charge is 0.256 e. The molecule has 6 N–H and O–H groups in total. The molecule has 0 bridgehead atoms. The Bertz CT molecular complexity index is 455. The lowest BCUT2D eigenvalue weighted by atomic mass is 10.1. The number of quaternary nitrogens is 1. The molecule has 0 aliphatic carbocycles. The zero-order valence-electron chi connectivity index (χ0n) is 14.5. The molecule has 8 heteroatoms. The van der Waals surface area contributed by atoms with Crippen molar-refractivity contribution in [2.24, 2.45) is 5.90 Å². The van der Waals surface area contributed by atoms with E-state index in [0.29, 0.717) is 17.4 Å². The van der Waals surface area contributed by atoms with Crippen LogP contribution in [-0.2, 0) is 4.84 Å². The number of rotatable bonds is 5. The van der Waals surface area contributed by atoms with Gasteiger partial charge in [0.25, 0.3) is 5.91 Å². The van der Waals surface area contributed by atoms with E-state index >= 15 is 0 Å². The van der Waals surface area contributed by atoms with Gasteiger partial charge in [-0.25, -0.2) is 5.90 Å². The lowest BCUT2D eigenvalue weighted by molar-refractivity contribution is -0.565. The molecule has 0 saturated heterocycles. The van der Waals surface area contributed by atoms with Crippen LogP contribution >= 0.6 is 0 Å². The van der Waals surface area contributed by atoms with E-state index in [1.807, 2.05) is 12.1 Å². The minimum Gasteiger partial charge on any atom is -0.400 e. The number of amides is 1. The third kappa shape index (κ3) is 9.01. The second-order valence-electron chi connectivity index (χ2n) is 4.53. The van der Waals surface area contributed by atoms with Crippen molar-refractivity contribution in [3.8, 4) is 0 Å². The van der Waals surface area contributed by atoms with E-state index in [2.05, 4.69) is 17.6 Å². The molecule has 0 aromatic heterocycles. The maximum Gasteiger partial charge on any atom is 0.256 e. The van der Waals surface area contributed by atoms with Gasteiger partial charge in [-0.15, -0.1) is 0 Å². The molecule has 0 saturated carbocycles. The first-order valence-electron chi connectivity index (χ1n) is 7.02. The van der Waals surface area contributed by atoms with Crippen molar-refractivity contribution in [2.75, 3.05) is 27.7 Å². The van der Waals surface area contributed by atoms with Crippen LogP contribution in [0.3, 0.4) is 0 Å². The van der Waals surface area contributed by atoms with Crippen molar-refractivity contribution < 1.29 is 25.4 Å². The third-order valence-corrected chi connectivity index (χ3v) is 2.92. The second-order valence-corrected chi connectivity index (χ2v) is 4.53. The zero-order chi connectivity index (χ0) is 18.4. The number of hydrogen-bond acceptors (Lipinski definition) is 6. The van der Waals surface area contributed by atoms with Crippen molar-refractivity contribution in [2.45, 2.75) is 20.1 Å². The van der Waals surface area contributed by atoms with E-state index in [-0.39, 0.29) is 5.91 Å². The minimum atomic E-state index is -0.549. The molecule has 8 nitrogen and oxygen atoms in total. The fraction of sp³-hybridized carbons (Fsp3) is 0.467. The molecule has 0 heterocycles. The van der Waals surface area contributed by atoms with E-state index in [1.165, 1.54) is 4.90 Å². The van der Waals surface area contributed by atoms with E-state index in [4.69, 9.17) is 11.0 Å². The largest absolute Gasteiger partial charge is 0.400 e. The fourth-order valence-corrected chi connectivity index (χ4v) is 1.24. The molecule has 0 spiro atoms. The van der Waals surface area contributed by atoms with Gasteiger partial charge in [0.1, 0.15) is 6.23 Å². The van der Waals surface area contributed by atoms with Crippen LogP contribution in [0, 0.1) is 0 Å². The number of hydrogen-bond donors (Lipinski definition) is 3. The molecule has 0 fully saturated rings. The van der Waals surface area contributed by atoms with Crippen molar-refractivity contribution in [3.63, 3.8) is 0 Å². The number of benzene rings is 1. The molecule has 23 heavy (non-hydrogen) atoms. The lowest BCUT2D eigenvalue weighted by Crippen LogP contribution is -2.64. The van der Waals surface area contributed by atoms with Gasteiger partial charge in [-0.1, -0.05) is 18.2 Å². The topological polar surface area (TPSA) is 124 Å². The van der Waals surface area contributed by atoms with Crippen LogP contribution in [0.4, 0.5) is 0 Å². The van der Waals surface area contributed by atoms with E-state index in [1.54, 1.807) is 38.2 Å². The Labute approximate surface area is 137 Å². The molecule has 0 aliphatic heterocycles. The highest BCUT2D eigenvalue weighted by Crippen LogP contribution is 2.10. The zero-order valence-corrected chi connectivity index (χ0v) is 14.5. The van der Waals surface area contributed by atoms with E-state index < -0.39 is 6.23 Å². The van der Waals surface area contributed by atoms with Crippen LogP contribution in [0.1, 0.15) is 34.6 Å². The molecule has 1 aromatic rings. The monoisotopic (exact) mass is 329 g/mol. The average molecular weight is 329 g/mol. The standard InChI is InChI=1S/C11H14N2O3.C3H10N2.CH4O/c1-8(16-12)13(2)11(15)10-6-4-3-5-9(10)7-14;1-3-5(2)4;1-2/h3-8H,12H2,1-2H3;3-4H2,1-2H3;2H,1H3/p+1. The number of aldehydes is 1. The summed E-state index contributed by atoms with van der Waals surface area (Å²) in [7, 11) is 4.50. The summed E-state index contributed by atoms with van der Waals surface area (Å²) >= 11 is 0. The summed E-state index contributed by atoms with van der Waals surface area (Å²) in [6.07, 6.45) is 0.0990. The van der Waals surface area contributed by atoms with Gasteiger partial charge in [0.05, 0.1) is 5.56 Å². The molecule has 0 radical (unpaired) electrons. The number of nitrogens with zero attached hydrogens (tertiary/aromatic N) is 2. The molecule has 1 unspecified atom stereocenters. The van der Waals surface area contributed by atoms with Gasteiger partial charge in [-0.3, -0.25) is 20.3 Å². The summed E-state index contributed by atoms with van der Waals surface area (Å²) in [5, 5.41) is 8.88. The Morgan fingerprint density at radius 2 is 1.87 bits per heavy atom. The summed E-state index contributed by atoms with van der Waals surface area (Å²) in [4.78, 5) is 28.6. The lowest BCUT2D eigenvalue weighted by Gasteiger charge is -2.23. The first kappa shape index (κ1) is 23.4. The third-order valence-electron chi connectivity index (χ3n) is 2.92. The average Bonchev–Trinajstić information content (AvgIpc) is 2.61. The molecular formula is C15H29N4O4+. The molecule has 1 amide bonds. The van der Waals surface area contributed by atoms with Gasteiger partial charge in [0.2, 0.25) is 0 Å². The van der Waals surface area contributed by atoms with Crippen molar-refractivity contribution in [1.82, 2.24) is 9.91 Å². The van der Waals surface area contributed by atoms with Crippen molar-refractivity contribution >= 4 is 12.2 Å². The molecule has 0 aliphatic rings. The van der Waals surface area contributed by atoms with E-state index in [9.17, 15) is 9.59 Å². The summed E-state index contributed by atoms with van der Waals surface area (Å²) in [6, 6.07) is 6.57. The molecule has 132 valence electrons. The van der Waals surface area contributed by atoms with Gasteiger partial charge >= 0.3 is 0 Å². The fourth-order valence-electron chi connectivity index (χ4n) is 1.24. The predicted molar refractivity (Wildman–Crippen MR) is 88.0 cm³/mol. The number of aliphatic hydroxyl groups is 1. The number of nitrogens with two attached hydrogens (primary N) is 1. The minimum absolute atomic E-state index is 0.305. The summed E-state index contributed by atoms with van der Waals surface area (Å²) < 4.78 is 0. The van der Waals surface area contributed by atoms with Crippen LogP contribution in [0.5, 0.6) is 0 Å². The molecular weight excluding hydrogens is 300 g/mol. The Kier molecular flexibility index (Phi) is 14.1. The first-order chi connectivity index (χ1) is 10.9. The van der Waals surface area contributed by atoms with Gasteiger partial charge < -0.3 is 10.0 Å². The Morgan fingerprint density at radius 1 is 1.39 bits per heavy atom. The second kappa shape index (κ2) is 13.8. The van der Waals surface area contributed by atoms with Gasteiger partial charge in [0, 0.05) is 33.3 Å². The van der Waals surface area contributed by atoms with Crippen molar-refractivity contribution in [3.05, 3.63) is 35.4 Å². The summed E-state index contributed by atoms with van der Waals surface area (Å²) in [5.74, 6) is 8.28. The van der Waals surface area contributed by atoms with E-state index in [0.717, 1.165) is 13.7 Å². The molecule has 1 rings (SSSR count). The van der Waals surface area contributed by atoms with Gasteiger partial charge in [0.15, 0.2) is 6.29 Å². The summed E-state index contributed by atoms with van der Waals surface area (Å²) in [5.41, 5.74) is 0.687. The predicted octanol–water partition coefficient (Wildman–Crippen LogP) is -0.489. The van der Waals surface area contributed by atoms with Gasteiger partial charge in [-0.2, -0.15) is 5.01 Å². The normalized spacial score (nSPS) is 10.7. The van der Waals surface area contributed by atoms with Crippen LogP contribution in [0.25, 0.3) is 0 Å². The Balaban J connectivity index is 0.